The number of amides is 2. The van der Waals surface area contributed by atoms with E-state index in [0.29, 0.717) is 23.6 Å². The van der Waals surface area contributed by atoms with Crippen LogP contribution in [0.2, 0.25) is 0 Å². The lowest BCUT2D eigenvalue weighted by molar-refractivity contribution is -0.125. The summed E-state index contributed by atoms with van der Waals surface area (Å²) in [6.07, 6.45) is 2.23. The van der Waals surface area contributed by atoms with Gasteiger partial charge in [-0.25, -0.2) is 0 Å². The average molecular weight is 381 g/mol. The fraction of sp³-hybridized carbons (Fsp3) is 0.238. The van der Waals surface area contributed by atoms with Crippen LogP contribution in [-0.2, 0) is 16.0 Å². The first kappa shape index (κ1) is 19.3. The number of para-hydroxylation sites is 1. The molecule has 1 atom stereocenters. The lowest BCUT2D eigenvalue weighted by atomic mass is 10.0. The number of hydrogen-bond donors (Lipinski definition) is 3. The standard InChI is InChI=1S/C21H23N3O4/c1-13(25)23-18(10-14-12-22-17-7-5-4-6-16(14)17)21(26)24-15-8-9-19(27-2)20(11-15)28-3/h4-9,11-12,18,22H,10H2,1-3H3,(H,23,25)(H,24,26)/t18-/m1/s1. The molecule has 0 aliphatic carbocycles. The number of H-pyrrole nitrogens is 1. The number of carbonyl (C=O) groups is 2. The van der Waals surface area contributed by atoms with E-state index >= 15 is 0 Å². The second kappa shape index (κ2) is 8.47. The number of carbonyl (C=O) groups excluding carboxylic acids is 2. The van der Waals surface area contributed by atoms with Crippen molar-refractivity contribution in [1.82, 2.24) is 10.3 Å². The SMILES string of the molecule is COc1ccc(NC(=O)[C@@H](Cc2c[nH]c3ccccc23)NC(C)=O)cc1OC. The van der Waals surface area contributed by atoms with Crippen LogP contribution < -0.4 is 20.1 Å². The largest absolute Gasteiger partial charge is 0.493 e. The molecular weight excluding hydrogens is 358 g/mol. The van der Waals surface area contributed by atoms with Gasteiger partial charge in [-0.1, -0.05) is 18.2 Å². The van der Waals surface area contributed by atoms with Crippen molar-refractivity contribution in [3.63, 3.8) is 0 Å². The fourth-order valence-electron chi connectivity index (χ4n) is 3.12. The Balaban J connectivity index is 1.81. The van der Waals surface area contributed by atoms with Gasteiger partial charge in [0.15, 0.2) is 11.5 Å². The zero-order chi connectivity index (χ0) is 20.1. The second-order valence-corrected chi connectivity index (χ2v) is 6.38. The van der Waals surface area contributed by atoms with Gasteiger partial charge in [0.25, 0.3) is 0 Å². The molecule has 0 bridgehead atoms. The quantitative estimate of drug-likeness (QED) is 0.587. The molecule has 3 N–H and O–H groups in total. The number of ether oxygens (including phenoxy) is 2. The summed E-state index contributed by atoms with van der Waals surface area (Å²) < 4.78 is 10.5. The number of hydrogen-bond acceptors (Lipinski definition) is 4. The van der Waals surface area contributed by atoms with Gasteiger partial charge in [0.2, 0.25) is 11.8 Å². The highest BCUT2D eigenvalue weighted by Crippen LogP contribution is 2.30. The Hall–Kier alpha value is -3.48. The van der Waals surface area contributed by atoms with Crippen LogP contribution in [0.3, 0.4) is 0 Å². The maximum Gasteiger partial charge on any atom is 0.247 e. The first-order chi connectivity index (χ1) is 13.5. The zero-order valence-electron chi connectivity index (χ0n) is 16.0. The van der Waals surface area contributed by atoms with Gasteiger partial charge in [-0.15, -0.1) is 0 Å². The van der Waals surface area contributed by atoms with E-state index in [4.69, 9.17) is 9.47 Å². The monoisotopic (exact) mass is 381 g/mol. The summed E-state index contributed by atoms with van der Waals surface area (Å²) in [6, 6.07) is 12.2. The predicted octanol–water partition coefficient (Wildman–Crippen LogP) is 2.87. The number of rotatable bonds is 7. The van der Waals surface area contributed by atoms with Gasteiger partial charge in [-0.2, -0.15) is 0 Å². The van der Waals surface area contributed by atoms with Gasteiger partial charge in [0, 0.05) is 42.2 Å². The van der Waals surface area contributed by atoms with Crippen molar-refractivity contribution in [3.05, 3.63) is 54.2 Å². The van der Waals surface area contributed by atoms with Crippen molar-refractivity contribution in [2.24, 2.45) is 0 Å². The van der Waals surface area contributed by atoms with Gasteiger partial charge in [0.05, 0.1) is 14.2 Å². The summed E-state index contributed by atoms with van der Waals surface area (Å²) in [5.41, 5.74) is 2.49. The van der Waals surface area contributed by atoms with Crippen LogP contribution in [0.25, 0.3) is 10.9 Å². The van der Waals surface area contributed by atoms with Crippen LogP contribution in [0.1, 0.15) is 12.5 Å². The van der Waals surface area contributed by atoms with Gasteiger partial charge in [-0.3, -0.25) is 9.59 Å². The number of anilines is 1. The van der Waals surface area contributed by atoms with Crippen LogP contribution in [0.4, 0.5) is 5.69 Å². The molecule has 0 aliphatic heterocycles. The van der Waals surface area contributed by atoms with Crippen molar-refractivity contribution >= 4 is 28.4 Å². The second-order valence-electron chi connectivity index (χ2n) is 6.38. The third-order valence-corrected chi connectivity index (χ3v) is 4.44. The number of methoxy groups -OCH3 is 2. The molecule has 0 spiro atoms. The van der Waals surface area contributed by atoms with E-state index in [9.17, 15) is 9.59 Å². The van der Waals surface area contributed by atoms with E-state index < -0.39 is 6.04 Å². The molecule has 7 nitrogen and oxygen atoms in total. The highest BCUT2D eigenvalue weighted by Gasteiger charge is 2.22. The number of aromatic amines is 1. The number of fused-ring (bicyclic) bond motifs is 1. The first-order valence-corrected chi connectivity index (χ1v) is 8.86. The summed E-state index contributed by atoms with van der Waals surface area (Å²) in [5.74, 6) is 0.491. The minimum absolute atomic E-state index is 0.271. The van der Waals surface area contributed by atoms with Crippen molar-refractivity contribution in [3.8, 4) is 11.5 Å². The minimum Gasteiger partial charge on any atom is -0.493 e. The molecule has 2 amide bonds. The summed E-state index contributed by atoms with van der Waals surface area (Å²) in [6.45, 7) is 1.39. The molecule has 1 heterocycles. The number of aromatic nitrogens is 1. The Morgan fingerprint density at radius 3 is 2.54 bits per heavy atom. The smallest absolute Gasteiger partial charge is 0.247 e. The van der Waals surface area contributed by atoms with Crippen molar-refractivity contribution in [1.29, 1.82) is 0 Å². The predicted molar refractivity (Wildman–Crippen MR) is 108 cm³/mol. The molecule has 1 aromatic heterocycles. The Morgan fingerprint density at radius 2 is 1.82 bits per heavy atom. The maximum absolute atomic E-state index is 12.9. The molecule has 0 radical (unpaired) electrons. The molecule has 146 valence electrons. The molecule has 3 aromatic rings. The van der Waals surface area contributed by atoms with Crippen molar-refractivity contribution in [2.45, 2.75) is 19.4 Å². The van der Waals surface area contributed by atoms with E-state index in [1.54, 1.807) is 25.3 Å². The number of benzene rings is 2. The molecule has 7 heteroatoms. The fourth-order valence-corrected chi connectivity index (χ4v) is 3.12. The topological polar surface area (TPSA) is 92.5 Å². The van der Waals surface area contributed by atoms with Gasteiger partial charge in [-0.05, 0) is 23.8 Å². The number of nitrogens with one attached hydrogen (secondary N) is 3. The van der Waals surface area contributed by atoms with E-state index in [1.807, 2.05) is 30.5 Å². The third kappa shape index (κ3) is 4.25. The highest BCUT2D eigenvalue weighted by atomic mass is 16.5. The normalized spacial score (nSPS) is 11.7. The molecule has 0 saturated carbocycles. The summed E-state index contributed by atoms with van der Waals surface area (Å²) in [4.78, 5) is 27.7. The molecule has 2 aromatic carbocycles. The molecule has 0 fully saturated rings. The van der Waals surface area contributed by atoms with Gasteiger partial charge >= 0.3 is 0 Å². The molecule has 0 aliphatic rings. The molecular formula is C21H23N3O4. The van der Waals surface area contributed by atoms with Crippen molar-refractivity contribution in [2.75, 3.05) is 19.5 Å². The molecule has 0 saturated heterocycles. The summed E-state index contributed by atoms with van der Waals surface area (Å²) in [5, 5.41) is 6.59. The molecule has 0 unspecified atom stereocenters. The Morgan fingerprint density at radius 1 is 1.07 bits per heavy atom. The lowest BCUT2D eigenvalue weighted by Crippen LogP contribution is -2.44. The van der Waals surface area contributed by atoms with Crippen LogP contribution in [0, 0.1) is 0 Å². The van der Waals surface area contributed by atoms with E-state index in [0.717, 1.165) is 16.5 Å². The van der Waals surface area contributed by atoms with Gasteiger partial charge in [0.1, 0.15) is 6.04 Å². The van der Waals surface area contributed by atoms with E-state index in [1.165, 1.54) is 14.0 Å². The molecule has 3 rings (SSSR count). The maximum atomic E-state index is 12.9. The van der Waals surface area contributed by atoms with Crippen LogP contribution in [0.15, 0.2) is 48.7 Å². The van der Waals surface area contributed by atoms with Crippen LogP contribution >= 0.6 is 0 Å². The molecule has 28 heavy (non-hydrogen) atoms. The van der Waals surface area contributed by atoms with E-state index in [2.05, 4.69) is 15.6 Å². The zero-order valence-corrected chi connectivity index (χ0v) is 16.0. The van der Waals surface area contributed by atoms with Crippen molar-refractivity contribution < 1.29 is 19.1 Å². The first-order valence-electron chi connectivity index (χ1n) is 8.86. The third-order valence-electron chi connectivity index (χ3n) is 4.44. The average Bonchev–Trinajstić information content (AvgIpc) is 3.10. The summed E-state index contributed by atoms with van der Waals surface area (Å²) >= 11 is 0. The van der Waals surface area contributed by atoms with Gasteiger partial charge < -0.3 is 25.1 Å². The Bertz CT molecular complexity index is 996. The highest BCUT2D eigenvalue weighted by molar-refractivity contribution is 5.98. The minimum atomic E-state index is -0.718. The van der Waals surface area contributed by atoms with Crippen LogP contribution in [0.5, 0.6) is 11.5 Å². The Kier molecular flexibility index (Phi) is 5.84. The summed E-state index contributed by atoms with van der Waals surface area (Å²) in [7, 11) is 3.07. The Labute approximate surface area is 163 Å². The van der Waals surface area contributed by atoms with Crippen LogP contribution in [-0.4, -0.2) is 37.1 Å². The van der Waals surface area contributed by atoms with E-state index in [-0.39, 0.29) is 11.8 Å². The lowest BCUT2D eigenvalue weighted by Gasteiger charge is -2.18.